The number of nitrogens with zero attached hydrogens (tertiary/aromatic N) is 2. The summed E-state index contributed by atoms with van der Waals surface area (Å²) in [5.41, 5.74) is 3.75. The lowest BCUT2D eigenvalue weighted by Gasteiger charge is -2.34. The molecule has 4 rings (SSSR count). The Kier molecular flexibility index (Phi) is 5.41. The highest BCUT2D eigenvalue weighted by Gasteiger charge is 2.53. The van der Waals surface area contributed by atoms with Gasteiger partial charge in [-0.3, -0.25) is 4.90 Å². The van der Waals surface area contributed by atoms with Gasteiger partial charge in [-0.2, -0.15) is 0 Å². The zero-order valence-electron chi connectivity index (χ0n) is 17.8. The quantitative estimate of drug-likeness (QED) is 0.383. The first kappa shape index (κ1) is 20.9. The fourth-order valence-corrected chi connectivity index (χ4v) is 5.54. The summed E-state index contributed by atoms with van der Waals surface area (Å²) in [7, 11) is 2.13. The number of rotatable bonds is 4. The van der Waals surface area contributed by atoms with E-state index in [1.807, 2.05) is 12.1 Å². The second kappa shape index (κ2) is 7.75. The lowest BCUT2D eigenvalue weighted by molar-refractivity contribution is 0.0731. The number of para-hydroxylation sites is 1. The number of ether oxygens (including phenoxy) is 1. The number of likely N-dealkylation sites (N-methyl/N-ethyl adjacent to an activating group) is 1. The number of hydrogen-bond acceptors (Lipinski definition) is 5. The highest BCUT2D eigenvalue weighted by Crippen LogP contribution is 2.54. The molecule has 5 nitrogen and oxygen atoms in total. The number of phenolic OH excluding ortho intramolecular Hbond substituents is 1. The molecule has 0 aromatic heterocycles. The Balaban J connectivity index is 1.66. The predicted molar refractivity (Wildman–Crippen MR) is 122 cm³/mol. The Hall–Kier alpha value is -2.31. The molecular formula is C24H27BrN2O3. The van der Waals surface area contributed by atoms with E-state index in [0.717, 1.165) is 29.7 Å². The van der Waals surface area contributed by atoms with Crippen LogP contribution < -0.4 is 9.64 Å². The number of carbonyl (C=O) groups is 1. The van der Waals surface area contributed by atoms with Gasteiger partial charge in [0.1, 0.15) is 17.1 Å². The Labute approximate surface area is 186 Å². The van der Waals surface area contributed by atoms with Crippen molar-refractivity contribution < 1.29 is 14.6 Å². The van der Waals surface area contributed by atoms with Crippen LogP contribution in [0.1, 0.15) is 43.1 Å². The van der Waals surface area contributed by atoms with Crippen LogP contribution in [0.25, 0.3) is 0 Å². The van der Waals surface area contributed by atoms with Crippen LogP contribution in [0.2, 0.25) is 0 Å². The summed E-state index contributed by atoms with van der Waals surface area (Å²) in [5, 5.41) is 9.96. The topological polar surface area (TPSA) is 53.0 Å². The van der Waals surface area contributed by atoms with E-state index >= 15 is 0 Å². The molecule has 1 N–H and O–H groups in total. The number of aromatic hydroxyl groups is 1. The molecule has 2 aliphatic rings. The van der Waals surface area contributed by atoms with Crippen molar-refractivity contribution in [2.45, 2.75) is 38.8 Å². The molecular weight excluding hydrogens is 444 g/mol. The number of esters is 1. The van der Waals surface area contributed by atoms with Crippen LogP contribution in [-0.2, 0) is 5.41 Å². The van der Waals surface area contributed by atoms with Crippen molar-refractivity contribution in [1.82, 2.24) is 4.90 Å². The minimum absolute atomic E-state index is 0.0562. The van der Waals surface area contributed by atoms with Crippen LogP contribution in [0.3, 0.4) is 0 Å². The first-order chi connectivity index (χ1) is 14.2. The summed E-state index contributed by atoms with van der Waals surface area (Å²) >= 11 is 3.70. The van der Waals surface area contributed by atoms with Crippen molar-refractivity contribution in [2.75, 3.05) is 25.0 Å². The van der Waals surface area contributed by atoms with E-state index in [-0.39, 0.29) is 22.9 Å². The van der Waals surface area contributed by atoms with Gasteiger partial charge in [0, 0.05) is 30.0 Å². The molecule has 158 valence electrons. The molecule has 0 amide bonds. The Morgan fingerprint density at radius 1 is 1.33 bits per heavy atom. The number of carbonyl (C=O) groups excluding carboxylic acids is 1. The minimum Gasteiger partial charge on any atom is -0.507 e. The van der Waals surface area contributed by atoms with Gasteiger partial charge in [0.05, 0.1) is 11.9 Å². The van der Waals surface area contributed by atoms with E-state index in [1.165, 1.54) is 17.2 Å². The second-order valence-corrected chi connectivity index (χ2v) is 9.49. The third kappa shape index (κ3) is 3.42. The molecule has 6 heteroatoms. The zero-order valence-corrected chi connectivity index (χ0v) is 19.4. The number of allylic oxidation sites excluding steroid dienone is 1. The largest absolute Gasteiger partial charge is 0.507 e. The van der Waals surface area contributed by atoms with Crippen LogP contribution in [0.4, 0.5) is 5.69 Å². The molecule has 0 bridgehead atoms. The molecule has 30 heavy (non-hydrogen) atoms. The summed E-state index contributed by atoms with van der Waals surface area (Å²) < 4.78 is 6.55. The first-order valence-corrected chi connectivity index (χ1v) is 11.0. The van der Waals surface area contributed by atoms with Gasteiger partial charge in [0.2, 0.25) is 0 Å². The van der Waals surface area contributed by atoms with E-state index in [1.54, 1.807) is 18.2 Å². The van der Waals surface area contributed by atoms with Gasteiger partial charge in [-0.15, -0.1) is 0 Å². The molecule has 0 saturated carbocycles. The number of halogens is 1. The van der Waals surface area contributed by atoms with Crippen LogP contribution in [-0.4, -0.2) is 42.3 Å². The van der Waals surface area contributed by atoms with Crippen molar-refractivity contribution in [3.63, 3.8) is 0 Å². The zero-order chi connectivity index (χ0) is 21.6. The molecule has 0 spiro atoms. The third-order valence-corrected chi connectivity index (χ3v) is 6.88. The molecule has 2 atom stereocenters. The van der Waals surface area contributed by atoms with Crippen LogP contribution in [0.5, 0.6) is 11.5 Å². The van der Waals surface area contributed by atoms with Crippen molar-refractivity contribution in [2.24, 2.45) is 0 Å². The van der Waals surface area contributed by atoms with Gasteiger partial charge in [-0.1, -0.05) is 30.7 Å². The number of anilines is 1. The third-order valence-electron chi connectivity index (χ3n) is 6.27. The lowest BCUT2D eigenvalue weighted by atomic mass is 9.81. The van der Waals surface area contributed by atoms with Crippen LogP contribution >= 0.6 is 15.9 Å². The number of fused-ring (bicyclic) bond motifs is 3. The lowest BCUT2D eigenvalue weighted by Crippen LogP contribution is -2.47. The monoisotopic (exact) mass is 470 g/mol. The van der Waals surface area contributed by atoms with Crippen molar-refractivity contribution >= 4 is 27.6 Å². The van der Waals surface area contributed by atoms with Gasteiger partial charge >= 0.3 is 5.97 Å². The summed E-state index contributed by atoms with van der Waals surface area (Å²) in [5.74, 6) is -0.170. The molecule has 1 fully saturated rings. The molecule has 2 heterocycles. The average Bonchev–Trinajstić information content (AvgIpc) is 3.13. The first-order valence-electron chi connectivity index (χ1n) is 10.2. The molecule has 2 aromatic carbocycles. The molecule has 2 aromatic rings. The number of likely N-dealkylation sites (tertiary alicyclic amines) is 1. The van der Waals surface area contributed by atoms with Crippen LogP contribution in [0.15, 0.2) is 52.5 Å². The molecule has 0 aliphatic carbocycles. The van der Waals surface area contributed by atoms with E-state index in [0.29, 0.717) is 5.75 Å². The molecule has 2 unspecified atom stereocenters. The van der Waals surface area contributed by atoms with Gasteiger partial charge in [0.25, 0.3) is 0 Å². The predicted octanol–water partition coefficient (Wildman–Crippen LogP) is 5.08. The van der Waals surface area contributed by atoms with E-state index < -0.39 is 5.97 Å². The van der Waals surface area contributed by atoms with Crippen molar-refractivity contribution in [3.05, 3.63) is 63.6 Å². The van der Waals surface area contributed by atoms with E-state index in [2.05, 4.69) is 59.6 Å². The Morgan fingerprint density at radius 2 is 2.07 bits per heavy atom. The van der Waals surface area contributed by atoms with Gasteiger partial charge < -0.3 is 14.7 Å². The molecule has 0 radical (unpaired) electrons. The van der Waals surface area contributed by atoms with E-state index in [9.17, 15) is 9.90 Å². The number of phenols is 1. The average molecular weight is 471 g/mol. The summed E-state index contributed by atoms with van der Waals surface area (Å²) in [6.45, 7) is 8.50. The standard InChI is InChI=1S/C24H27BrN2O3/c1-15(2)9-11-27-12-10-24(3)18-13-16(14-19(25)21(18)26(4)23(24)27)30-22(29)17-7-5-6-8-20(17)28/h5-9,13-14,23,28H,10-12H2,1-4H3. The number of benzene rings is 2. The van der Waals surface area contributed by atoms with Crippen molar-refractivity contribution in [3.8, 4) is 11.5 Å². The second-order valence-electron chi connectivity index (χ2n) is 8.64. The maximum absolute atomic E-state index is 12.6. The minimum atomic E-state index is -0.565. The molecule has 1 saturated heterocycles. The van der Waals surface area contributed by atoms with Gasteiger partial charge in [0.15, 0.2) is 0 Å². The van der Waals surface area contributed by atoms with Gasteiger partial charge in [-0.05, 0) is 66.0 Å². The Bertz CT molecular complexity index is 1030. The Morgan fingerprint density at radius 3 is 2.77 bits per heavy atom. The number of hydrogen-bond donors (Lipinski definition) is 1. The fourth-order valence-electron chi connectivity index (χ4n) is 4.82. The SMILES string of the molecule is CC(C)=CCN1CCC2(C)c3cc(OC(=O)c4ccccc4O)cc(Br)c3N(C)C12. The van der Waals surface area contributed by atoms with Crippen LogP contribution in [0, 0.1) is 0 Å². The summed E-state index contributed by atoms with van der Waals surface area (Å²) in [4.78, 5) is 17.4. The smallest absolute Gasteiger partial charge is 0.347 e. The summed E-state index contributed by atoms with van der Waals surface area (Å²) in [6, 6.07) is 10.2. The highest BCUT2D eigenvalue weighted by atomic mass is 79.9. The maximum Gasteiger partial charge on any atom is 0.347 e. The maximum atomic E-state index is 12.6. The molecule has 2 aliphatic heterocycles. The highest BCUT2D eigenvalue weighted by molar-refractivity contribution is 9.10. The van der Waals surface area contributed by atoms with Crippen molar-refractivity contribution in [1.29, 1.82) is 0 Å². The summed E-state index contributed by atoms with van der Waals surface area (Å²) in [6.07, 6.45) is 3.56. The van der Waals surface area contributed by atoms with Gasteiger partial charge in [-0.25, -0.2) is 4.79 Å². The normalized spacial score (nSPS) is 22.6. The van der Waals surface area contributed by atoms with E-state index in [4.69, 9.17) is 4.74 Å². The fraction of sp³-hybridized carbons (Fsp3) is 0.375.